The van der Waals surface area contributed by atoms with Crippen LogP contribution in [0.1, 0.15) is 39.3 Å². The fourth-order valence-corrected chi connectivity index (χ4v) is 2.42. The third kappa shape index (κ3) is 4.53. The van der Waals surface area contributed by atoms with Gasteiger partial charge in [0.2, 0.25) is 0 Å². The highest BCUT2D eigenvalue weighted by atomic mass is 19.1. The number of carbonyl (C=O) groups excluding carboxylic acids is 1. The minimum Gasteiger partial charge on any atom is -0.449 e. The lowest BCUT2D eigenvalue weighted by Crippen LogP contribution is -2.36. The Labute approximate surface area is 143 Å². The molecule has 1 fully saturated rings. The summed E-state index contributed by atoms with van der Waals surface area (Å²) in [6, 6.07) is 0. The topological polar surface area (TPSA) is 123 Å². The Balaban J connectivity index is 2.07. The molecule has 0 radical (unpaired) electrons. The molecule has 1 saturated heterocycles. The van der Waals surface area contributed by atoms with Crippen molar-refractivity contribution < 1.29 is 28.9 Å². The van der Waals surface area contributed by atoms with Crippen LogP contribution >= 0.6 is 0 Å². The van der Waals surface area contributed by atoms with Gasteiger partial charge in [-0.25, -0.2) is 14.0 Å². The molecule has 4 atom stereocenters. The minimum atomic E-state index is -1.41. The lowest BCUT2D eigenvalue weighted by Gasteiger charge is -2.17. The number of hydrogen-bond acceptors (Lipinski definition) is 7. The van der Waals surface area contributed by atoms with E-state index in [1.807, 2.05) is 6.92 Å². The van der Waals surface area contributed by atoms with Crippen molar-refractivity contribution in [1.82, 2.24) is 9.55 Å². The van der Waals surface area contributed by atoms with Gasteiger partial charge < -0.3 is 19.7 Å². The molecule has 1 aliphatic rings. The summed E-state index contributed by atoms with van der Waals surface area (Å²) < 4.78 is 24.9. The fourth-order valence-electron chi connectivity index (χ4n) is 2.42. The first-order valence-corrected chi connectivity index (χ1v) is 8.09. The van der Waals surface area contributed by atoms with Gasteiger partial charge in [-0.1, -0.05) is 19.8 Å². The summed E-state index contributed by atoms with van der Waals surface area (Å²) in [5, 5.41) is 21.6. The second-order valence-electron chi connectivity index (χ2n) is 5.81. The van der Waals surface area contributed by atoms with Crippen LogP contribution in [0.25, 0.3) is 0 Å². The second kappa shape index (κ2) is 8.37. The van der Waals surface area contributed by atoms with E-state index in [4.69, 9.17) is 9.47 Å². The summed E-state index contributed by atoms with van der Waals surface area (Å²) in [5.41, 5.74) is -0.951. The zero-order valence-corrected chi connectivity index (χ0v) is 14.0. The van der Waals surface area contributed by atoms with Gasteiger partial charge in [0.05, 0.1) is 18.9 Å². The molecular weight excluding hydrogens is 337 g/mol. The third-order valence-corrected chi connectivity index (χ3v) is 3.86. The number of ether oxygens (including phenoxy) is 2. The standard InChI is InChI=1S/C15H22FN3O6/c1-3-4-5-6-24-15(23)18-12-9(16)7-19(14(22)17-12)13-11(21)10(20)8(2)25-13/h7-8,10-11,13,20-21H,3-6H2,1-2H3,(H,17,18,22,23)/t8?,10?,11?,13-/m1/s1. The fraction of sp³-hybridized carbons (Fsp3) is 0.667. The first kappa shape index (κ1) is 19.3. The van der Waals surface area contributed by atoms with Gasteiger partial charge in [-0.2, -0.15) is 4.98 Å². The number of rotatable bonds is 6. The summed E-state index contributed by atoms with van der Waals surface area (Å²) in [5.74, 6) is -1.59. The SMILES string of the molecule is CCCCCOC(=O)Nc1nc(=O)n([C@@H]2OC(C)C(O)C2O)cc1F. The van der Waals surface area contributed by atoms with Crippen molar-refractivity contribution in [2.45, 2.75) is 57.6 Å². The predicted molar refractivity (Wildman–Crippen MR) is 84.5 cm³/mol. The third-order valence-electron chi connectivity index (χ3n) is 3.86. The molecule has 1 aliphatic heterocycles. The van der Waals surface area contributed by atoms with E-state index >= 15 is 0 Å². The number of unbranched alkanes of at least 4 members (excludes halogenated alkanes) is 2. The van der Waals surface area contributed by atoms with Gasteiger partial charge in [0.1, 0.15) is 12.2 Å². The van der Waals surface area contributed by atoms with Gasteiger partial charge in [0, 0.05) is 0 Å². The Bertz CT molecular complexity index is 667. The maximum Gasteiger partial charge on any atom is 0.412 e. The molecule has 140 valence electrons. The van der Waals surface area contributed by atoms with E-state index in [-0.39, 0.29) is 6.61 Å². The smallest absolute Gasteiger partial charge is 0.412 e. The quantitative estimate of drug-likeness (QED) is 0.641. The van der Waals surface area contributed by atoms with Gasteiger partial charge in [-0.05, 0) is 13.3 Å². The molecule has 1 aromatic rings. The van der Waals surface area contributed by atoms with Crippen LogP contribution in [0.3, 0.4) is 0 Å². The summed E-state index contributed by atoms with van der Waals surface area (Å²) >= 11 is 0. The molecule has 2 heterocycles. The molecule has 3 N–H and O–H groups in total. The lowest BCUT2D eigenvalue weighted by atomic mass is 10.1. The van der Waals surface area contributed by atoms with E-state index in [0.717, 1.165) is 23.6 Å². The van der Waals surface area contributed by atoms with Gasteiger partial charge in [0.25, 0.3) is 0 Å². The number of hydrogen-bond donors (Lipinski definition) is 3. The van der Waals surface area contributed by atoms with Crippen LogP contribution in [0.2, 0.25) is 0 Å². The molecule has 0 aromatic carbocycles. The highest BCUT2D eigenvalue weighted by Gasteiger charge is 2.42. The van der Waals surface area contributed by atoms with E-state index in [0.29, 0.717) is 6.42 Å². The van der Waals surface area contributed by atoms with Crippen LogP contribution in [-0.4, -0.2) is 50.8 Å². The van der Waals surface area contributed by atoms with E-state index in [1.165, 1.54) is 6.92 Å². The molecule has 0 aliphatic carbocycles. The van der Waals surface area contributed by atoms with Gasteiger partial charge >= 0.3 is 11.8 Å². The van der Waals surface area contributed by atoms with Crippen LogP contribution in [0.5, 0.6) is 0 Å². The highest BCUT2D eigenvalue weighted by molar-refractivity contribution is 5.83. The molecule has 0 saturated carbocycles. The Kier molecular flexibility index (Phi) is 6.45. The first-order chi connectivity index (χ1) is 11.8. The largest absolute Gasteiger partial charge is 0.449 e. The van der Waals surface area contributed by atoms with Gasteiger partial charge in [-0.15, -0.1) is 0 Å². The number of aromatic nitrogens is 2. The highest BCUT2D eigenvalue weighted by Crippen LogP contribution is 2.28. The molecular formula is C15H22FN3O6. The number of aliphatic hydroxyl groups is 2. The van der Waals surface area contributed by atoms with Crippen LogP contribution in [-0.2, 0) is 9.47 Å². The van der Waals surface area contributed by atoms with Crippen molar-refractivity contribution in [3.8, 4) is 0 Å². The number of carbonyl (C=O) groups is 1. The van der Waals surface area contributed by atoms with Crippen molar-refractivity contribution >= 4 is 11.9 Å². The predicted octanol–water partition coefficient (Wildman–Crippen LogP) is 0.760. The molecule has 3 unspecified atom stereocenters. The maximum absolute atomic E-state index is 14.1. The average molecular weight is 359 g/mol. The normalized spacial score (nSPS) is 25.8. The summed E-state index contributed by atoms with van der Waals surface area (Å²) in [6.07, 6.45) is -2.25. The number of aliphatic hydroxyl groups excluding tert-OH is 2. The van der Waals surface area contributed by atoms with E-state index in [2.05, 4.69) is 10.3 Å². The average Bonchev–Trinajstić information content (AvgIpc) is 2.82. The number of halogens is 1. The Morgan fingerprint density at radius 2 is 2.16 bits per heavy atom. The molecule has 2 rings (SSSR count). The van der Waals surface area contributed by atoms with Crippen molar-refractivity contribution in [1.29, 1.82) is 0 Å². The number of nitrogens with one attached hydrogen (secondary N) is 1. The Morgan fingerprint density at radius 1 is 1.44 bits per heavy atom. The van der Waals surface area contributed by atoms with E-state index < -0.39 is 48.0 Å². The van der Waals surface area contributed by atoms with Crippen molar-refractivity contribution in [2.24, 2.45) is 0 Å². The van der Waals surface area contributed by atoms with Crippen molar-refractivity contribution in [2.75, 3.05) is 11.9 Å². The molecule has 1 aromatic heterocycles. The molecule has 0 bridgehead atoms. The zero-order chi connectivity index (χ0) is 18.6. The van der Waals surface area contributed by atoms with Crippen LogP contribution in [0, 0.1) is 5.82 Å². The Morgan fingerprint density at radius 3 is 2.76 bits per heavy atom. The number of amides is 1. The molecule has 25 heavy (non-hydrogen) atoms. The zero-order valence-electron chi connectivity index (χ0n) is 14.0. The summed E-state index contributed by atoms with van der Waals surface area (Å²) in [6.45, 7) is 3.68. The molecule has 9 nitrogen and oxygen atoms in total. The van der Waals surface area contributed by atoms with E-state index in [1.54, 1.807) is 0 Å². The number of nitrogens with zero attached hydrogens (tertiary/aromatic N) is 2. The van der Waals surface area contributed by atoms with Crippen molar-refractivity contribution in [3.63, 3.8) is 0 Å². The van der Waals surface area contributed by atoms with Gasteiger partial charge in [-0.3, -0.25) is 9.88 Å². The second-order valence-corrected chi connectivity index (χ2v) is 5.81. The first-order valence-electron chi connectivity index (χ1n) is 8.09. The van der Waals surface area contributed by atoms with Crippen molar-refractivity contribution in [3.05, 3.63) is 22.5 Å². The molecule has 1 amide bonds. The number of anilines is 1. The summed E-state index contributed by atoms with van der Waals surface area (Å²) in [7, 11) is 0. The lowest BCUT2D eigenvalue weighted by molar-refractivity contribution is -0.0355. The van der Waals surface area contributed by atoms with Crippen LogP contribution < -0.4 is 11.0 Å². The Hall–Kier alpha value is -2.04. The van der Waals surface area contributed by atoms with Gasteiger partial charge in [0.15, 0.2) is 17.9 Å². The molecule has 0 spiro atoms. The van der Waals surface area contributed by atoms with Crippen LogP contribution in [0.15, 0.2) is 11.0 Å². The maximum atomic E-state index is 14.1. The summed E-state index contributed by atoms with van der Waals surface area (Å²) in [4.78, 5) is 27.0. The monoisotopic (exact) mass is 359 g/mol. The minimum absolute atomic E-state index is 0.177. The van der Waals surface area contributed by atoms with E-state index in [9.17, 15) is 24.2 Å². The van der Waals surface area contributed by atoms with Crippen LogP contribution in [0.4, 0.5) is 15.0 Å². The molecule has 10 heteroatoms.